The van der Waals surface area contributed by atoms with Gasteiger partial charge in [-0.15, -0.1) is 0 Å². The van der Waals surface area contributed by atoms with Gasteiger partial charge in [-0.1, -0.05) is 0 Å². The van der Waals surface area contributed by atoms with Crippen LogP contribution in [0.1, 0.15) is 59.2 Å². The van der Waals surface area contributed by atoms with Crippen molar-refractivity contribution >= 4 is 22.8 Å². The minimum absolute atomic E-state index is 0.0762. The van der Waals surface area contributed by atoms with E-state index in [0.29, 0.717) is 6.54 Å². The minimum atomic E-state index is -1.06. The molecule has 0 atom stereocenters. The van der Waals surface area contributed by atoms with Crippen molar-refractivity contribution in [3.05, 3.63) is 35.5 Å². The lowest BCUT2D eigenvalue weighted by Crippen LogP contribution is -2.51. The fourth-order valence-corrected chi connectivity index (χ4v) is 6.55. The average Bonchev–Trinajstić information content (AvgIpc) is 2.98. The topological polar surface area (TPSA) is 71.3 Å². The normalized spacial score (nSPS) is 31.4. The SMILES string of the molecule is Cn1ccc2cc(C(=O)NCC34CC5CC(CC(C5)C3)C4)c(C(=O)O)cc21. The van der Waals surface area contributed by atoms with Gasteiger partial charge in [-0.25, -0.2) is 4.79 Å². The van der Waals surface area contributed by atoms with Crippen LogP contribution in [-0.4, -0.2) is 28.1 Å². The number of aryl methyl sites for hydroxylation is 1. The van der Waals surface area contributed by atoms with Crippen LogP contribution in [0.5, 0.6) is 0 Å². The summed E-state index contributed by atoms with van der Waals surface area (Å²) in [4.78, 5) is 24.7. The van der Waals surface area contributed by atoms with Gasteiger partial charge in [0.1, 0.15) is 0 Å². The van der Waals surface area contributed by atoms with Crippen LogP contribution in [0.3, 0.4) is 0 Å². The number of carboxylic acid groups (broad SMARTS) is 1. The molecule has 1 aromatic carbocycles. The molecule has 2 N–H and O–H groups in total. The van der Waals surface area contributed by atoms with Crippen LogP contribution in [0.25, 0.3) is 10.9 Å². The number of carbonyl (C=O) groups is 2. The summed E-state index contributed by atoms with van der Waals surface area (Å²) in [6, 6.07) is 5.24. The van der Waals surface area contributed by atoms with Crippen LogP contribution in [0, 0.1) is 23.2 Å². The molecule has 5 nitrogen and oxygen atoms in total. The zero-order valence-electron chi connectivity index (χ0n) is 15.7. The number of fused-ring (bicyclic) bond motifs is 1. The molecule has 142 valence electrons. The Balaban J connectivity index is 1.40. The van der Waals surface area contributed by atoms with E-state index in [-0.39, 0.29) is 22.4 Å². The summed E-state index contributed by atoms with van der Waals surface area (Å²) in [5, 5.41) is 13.6. The molecule has 6 rings (SSSR count). The number of carboxylic acids is 1. The highest BCUT2D eigenvalue weighted by molar-refractivity contribution is 6.08. The first-order valence-corrected chi connectivity index (χ1v) is 10.0. The fourth-order valence-electron chi connectivity index (χ4n) is 6.55. The van der Waals surface area contributed by atoms with Crippen LogP contribution in [0.2, 0.25) is 0 Å². The van der Waals surface area contributed by atoms with Gasteiger partial charge in [0, 0.05) is 30.7 Å². The van der Waals surface area contributed by atoms with Crippen molar-refractivity contribution in [2.75, 3.05) is 6.54 Å². The van der Waals surface area contributed by atoms with E-state index in [9.17, 15) is 14.7 Å². The number of aromatic nitrogens is 1. The van der Waals surface area contributed by atoms with Gasteiger partial charge in [0.15, 0.2) is 0 Å². The molecule has 0 unspecified atom stereocenters. The molecule has 1 heterocycles. The number of amides is 1. The van der Waals surface area contributed by atoms with Gasteiger partial charge in [0.05, 0.1) is 11.1 Å². The van der Waals surface area contributed by atoms with E-state index in [2.05, 4.69) is 5.32 Å². The number of carbonyl (C=O) groups excluding carboxylic acids is 1. The van der Waals surface area contributed by atoms with Crippen LogP contribution >= 0.6 is 0 Å². The van der Waals surface area contributed by atoms with Crippen LogP contribution < -0.4 is 5.32 Å². The molecule has 2 aromatic rings. The van der Waals surface area contributed by atoms with Crippen molar-refractivity contribution in [2.45, 2.75) is 38.5 Å². The molecule has 0 spiro atoms. The molecule has 1 amide bonds. The maximum atomic E-state index is 12.9. The molecular weight excluding hydrogens is 340 g/mol. The minimum Gasteiger partial charge on any atom is -0.478 e. The Labute approximate surface area is 158 Å². The molecule has 4 bridgehead atoms. The summed E-state index contributed by atoms with van der Waals surface area (Å²) in [7, 11) is 1.88. The summed E-state index contributed by atoms with van der Waals surface area (Å²) < 4.78 is 1.87. The van der Waals surface area contributed by atoms with Gasteiger partial charge in [0.25, 0.3) is 5.91 Å². The van der Waals surface area contributed by atoms with E-state index in [1.54, 1.807) is 12.1 Å². The average molecular weight is 366 g/mol. The third-order valence-corrected chi connectivity index (χ3v) is 7.29. The Morgan fingerprint density at radius 2 is 1.74 bits per heavy atom. The summed E-state index contributed by atoms with van der Waals surface area (Å²) in [5.74, 6) is 1.20. The fraction of sp³-hybridized carbons (Fsp3) is 0.545. The molecule has 5 heteroatoms. The zero-order valence-corrected chi connectivity index (χ0v) is 15.7. The number of nitrogens with one attached hydrogen (secondary N) is 1. The van der Waals surface area contributed by atoms with Crippen molar-refractivity contribution in [1.29, 1.82) is 0 Å². The molecule has 1 aromatic heterocycles. The van der Waals surface area contributed by atoms with Crippen molar-refractivity contribution in [3.8, 4) is 0 Å². The Morgan fingerprint density at radius 3 is 2.33 bits per heavy atom. The Kier molecular flexibility index (Phi) is 3.65. The van der Waals surface area contributed by atoms with E-state index in [0.717, 1.165) is 28.7 Å². The monoisotopic (exact) mass is 366 g/mol. The van der Waals surface area contributed by atoms with Crippen LogP contribution in [0.15, 0.2) is 24.4 Å². The van der Waals surface area contributed by atoms with Gasteiger partial charge < -0.3 is 15.0 Å². The van der Waals surface area contributed by atoms with E-state index in [1.807, 2.05) is 23.9 Å². The van der Waals surface area contributed by atoms with Crippen molar-refractivity contribution in [3.63, 3.8) is 0 Å². The third-order valence-electron chi connectivity index (χ3n) is 7.29. The highest BCUT2D eigenvalue weighted by atomic mass is 16.4. The predicted molar refractivity (Wildman–Crippen MR) is 103 cm³/mol. The summed E-state index contributed by atoms with van der Waals surface area (Å²) in [6.45, 7) is 0.682. The summed E-state index contributed by atoms with van der Waals surface area (Å²) in [5.41, 5.74) is 1.41. The van der Waals surface area contributed by atoms with Crippen molar-refractivity contribution < 1.29 is 14.7 Å². The lowest BCUT2D eigenvalue weighted by molar-refractivity contribution is -0.0503. The Hall–Kier alpha value is -2.30. The maximum Gasteiger partial charge on any atom is 0.336 e. The first-order chi connectivity index (χ1) is 12.9. The number of aromatic carboxylic acids is 1. The second kappa shape index (κ2) is 5.85. The molecule has 27 heavy (non-hydrogen) atoms. The molecule has 4 saturated carbocycles. The summed E-state index contributed by atoms with van der Waals surface area (Å²) >= 11 is 0. The van der Waals surface area contributed by atoms with Crippen LogP contribution in [-0.2, 0) is 7.05 Å². The highest BCUT2D eigenvalue weighted by Gasteiger charge is 2.50. The standard InChI is InChI=1S/C22H26N2O3/c1-24-3-2-16-7-17(18(21(26)27)8-19(16)24)20(25)23-12-22-9-13-4-14(10-22)6-15(5-13)11-22/h2-3,7-8,13-15H,4-6,9-12H2,1H3,(H,23,25)(H,26,27). The second-order valence-electron chi connectivity index (χ2n) is 9.29. The Bertz CT molecular complexity index is 907. The molecule has 0 aliphatic heterocycles. The first kappa shape index (κ1) is 16.8. The van der Waals surface area contributed by atoms with E-state index >= 15 is 0 Å². The predicted octanol–water partition coefficient (Wildman–Crippen LogP) is 3.82. The van der Waals surface area contributed by atoms with Gasteiger partial charge in [-0.05, 0) is 79.9 Å². The zero-order chi connectivity index (χ0) is 18.8. The molecule has 4 aliphatic rings. The first-order valence-electron chi connectivity index (χ1n) is 10.0. The van der Waals surface area contributed by atoms with Crippen molar-refractivity contribution in [1.82, 2.24) is 9.88 Å². The van der Waals surface area contributed by atoms with E-state index in [1.165, 1.54) is 38.5 Å². The third kappa shape index (κ3) is 2.75. The number of benzene rings is 1. The molecule has 4 aliphatic carbocycles. The lowest BCUT2D eigenvalue weighted by atomic mass is 9.49. The largest absolute Gasteiger partial charge is 0.478 e. The molecule has 0 saturated heterocycles. The highest BCUT2D eigenvalue weighted by Crippen LogP contribution is 2.59. The van der Waals surface area contributed by atoms with E-state index < -0.39 is 5.97 Å². The lowest BCUT2D eigenvalue weighted by Gasteiger charge is -2.56. The van der Waals surface area contributed by atoms with Gasteiger partial charge in [-0.3, -0.25) is 4.79 Å². The van der Waals surface area contributed by atoms with Gasteiger partial charge in [-0.2, -0.15) is 0 Å². The molecule has 0 radical (unpaired) electrons. The number of hydrogen-bond donors (Lipinski definition) is 2. The van der Waals surface area contributed by atoms with E-state index in [4.69, 9.17) is 0 Å². The van der Waals surface area contributed by atoms with Crippen molar-refractivity contribution in [2.24, 2.45) is 30.2 Å². The molecular formula is C22H26N2O3. The van der Waals surface area contributed by atoms with Gasteiger partial charge in [0.2, 0.25) is 0 Å². The van der Waals surface area contributed by atoms with Crippen LogP contribution in [0.4, 0.5) is 0 Å². The molecule has 4 fully saturated rings. The maximum absolute atomic E-state index is 12.9. The van der Waals surface area contributed by atoms with Gasteiger partial charge >= 0.3 is 5.97 Å². The quantitative estimate of drug-likeness (QED) is 0.864. The Morgan fingerprint density at radius 1 is 1.11 bits per heavy atom. The number of hydrogen-bond acceptors (Lipinski definition) is 2. The second-order valence-corrected chi connectivity index (χ2v) is 9.29. The smallest absolute Gasteiger partial charge is 0.336 e. The summed E-state index contributed by atoms with van der Waals surface area (Å²) in [6.07, 6.45) is 9.69. The number of nitrogens with zero attached hydrogens (tertiary/aromatic N) is 1. The number of rotatable bonds is 4.